The number of carbonyl (C=O) groups excluding carboxylic acids is 2. The number of carbonyl (C=O) groups is 3. The highest BCUT2D eigenvalue weighted by Crippen LogP contribution is 2.45. The van der Waals surface area contributed by atoms with E-state index < -0.39 is 12.1 Å². The summed E-state index contributed by atoms with van der Waals surface area (Å²) < 4.78 is 31.7. The van der Waals surface area contributed by atoms with Crippen LogP contribution >= 0.6 is 11.3 Å². The van der Waals surface area contributed by atoms with Crippen molar-refractivity contribution >= 4 is 29.1 Å². The van der Waals surface area contributed by atoms with Crippen LogP contribution in [0.25, 0.3) is 0 Å². The SMILES string of the molecule is O=C(O)C(F)(F)F.O=C1NC2(CCN(C(=O)Cc3ccsc3)CC2)[C@H]2CN(CC3CC3)C[C@@H]12. The Hall–Kier alpha value is -2.14. The summed E-state index contributed by atoms with van der Waals surface area (Å²) in [4.78, 5) is 38.6. The predicted molar refractivity (Wildman–Crippen MR) is 115 cm³/mol. The highest BCUT2D eigenvalue weighted by Gasteiger charge is 2.57. The fourth-order valence-electron chi connectivity index (χ4n) is 5.29. The molecule has 0 unspecified atom stereocenters. The monoisotopic (exact) mass is 487 g/mol. The number of nitrogens with one attached hydrogen (secondary N) is 1. The third-order valence-corrected chi connectivity index (χ3v) is 7.95. The number of hydrogen-bond acceptors (Lipinski definition) is 5. The lowest BCUT2D eigenvalue weighted by atomic mass is 9.75. The molecule has 33 heavy (non-hydrogen) atoms. The minimum Gasteiger partial charge on any atom is -0.475 e. The number of rotatable bonds is 4. The van der Waals surface area contributed by atoms with E-state index in [1.54, 1.807) is 11.3 Å². The van der Waals surface area contributed by atoms with Crippen LogP contribution in [0.15, 0.2) is 16.8 Å². The molecule has 3 aliphatic heterocycles. The van der Waals surface area contributed by atoms with Crippen molar-refractivity contribution in [2.75, 3.05) is 32.7 Å². The van der Waals surface area contributed by atoms with Crippen LogP contribution in [-0.4, -0.2) is 77.1 Å². The second-order valence-electron chi connectivity index (χ2n) is 9.51. The fourth-order valence-corrected chi connectivity index (χ4v) is 5.96. The fraction of sp³-hybridized carbons (Fsp3) is 0.682. The van der Waals surface area contributed by atoms with E-state index in [4.69, 9.17) is 9.90 Å². The highest BCUT2D eigenvalue weighted by atomic mass is 32.1. The molecule has 4 aliphatic rings. The van der Waals surface area contributed by atoms with Gasteiger partial charge in [-0.25, -0.2) is 4.79 Å². The number of aliphatic carboxylic acids is 1. The molecular formula is C22H28F3N3O4S. The highest BCUT2D eigenvalue weighted by molar-refractivity contribution is 7.08. The van der Waals surface area contributed by atoms with Gasteiger partial charge in [0, 0.05) is 44.2 Å². The van der Waals surface area contributed by atoms with Crippen molar-refractivity contribution in [3.8, 4) is 0 Å². The molecule has 1 aliphatic carbocycles. The van der Waals surface area contributed by atoms with Crippen LogP contribution in [0.3, 0.4) is 0 Å². The van der Waals surface area contributed by atoms with E-state index in [9.17, 15) is 22.8 Å². The van der Waals surface area contributed by atoms with Crippen molar-refractivity contribution in [3.63, 3.8) is 0 Å². The van der Waals surface area contributed by atoms with E-state index in [-0.39, 0.29) is 23.3 Å². The first-order chi connectivity index (χ1) is 15.6. The summed E-state index contributed by atoms with van der Waals surface area (Å²) in [7, 11) is 0. The van der Waals surface area contributed by atoms with Gasteiger partial charge in [-0.05, 0) is 54.0 Å². The number of fused-ring (bicyclic) bond motifs is 2. The molecule has 7 nitrogen and oxygen atoms in total. The molecule has 0 bridgehead atoms. The second kappa shape index (κ2) is 9.25. The van der Waals surface area contributed by atoms with Crippen molar-refractivity contribution < 1.29 is 32.7 Å². The summed E-state index contributed by atoms with van der Waals surface area (Å²) in [6.45, 7) is 4.73. The number of carboxylic acid groups (broad SMARTS) is 1. The lowest BCUT2D eigenvalue weighted by Crippen LogP contribution is -2.56. The summed E-state index contributed by atoms with van der Waals surface area (Å²) >= 11 is 1.64. The van der Waals surface area contributed by atoms with Gasteiger partial charge in [-0.3, -0.25) is 9.59 Å². The number of piperidine rings is 1. The predicted octanol–water partition coefficient (Wildman–Crippen LogP) is 2.37. The quantitative estimate of drug-likeness (QED) is 0.681. The van der Waals surface area contributed by atoms with Gasteiger partial charge in [0.1, 0.15) is 0 Å². The molecule has 1 aromatic heterocycles. The molecule has 1 aromatic rings. The number of thiophene rings is 1. The zero-order valence-corrected chi connectivity index (χ0v) is 19.0. The standard InChI is InChI=1S/C20H27N3O2S.C2HF3O2/c24-18(9-15-3-8-26-13-15)23-6-4-20(5-7-23)17-12-22(10-14-1-2-14)11-16(17)19(25)21-20;3-2(4,5)1(6)7/h3,8,13-14,16-17H,1-2,4-7,9-12H2,(H,21,25);(H,6,7)/t16-,17+;/m1./s1. The molecule has 182 valence electrons. The maximum absolute atomic E-state index is 12.6. The molecule has 5 rings (SSSR count). The lowest BCUT2D eigenvalue weighted by Gasteiger charge is -2.43. The van der Waals surface area contributed by atoms with Gasteiger partial charge in [-0.1, -0.05) is 0 Å². The first kappa shape index (κ1) is 24.0. The molecule has 4 heterocycles. The summed E-state index contributed by atoms with van der Waals surface area (Å²) in [6, 6.07) is 2.03. The summed E-state index contributed by atoms with van der Waals surface area (Å²) in [5.41, 5.74) is 1.04. The van der Waals surface area contributed by atoms with E-state index in [0.717, 1.165) is 50.5 Å². The Bertz CT molecular complexity index is 880. The molecular weight excluding hydrogens is 459 g/mol. The van der Waals surface area contributed by atoms with Gasteiger partial charge in [0.2, 0.25) is 11.8 Å². The number of hydrogen-bond donors (Lipinski definition) is 2. The number of carboxylic acids is 1. The second-order valence-corrected chi connectivity index (χ2v) is 10.3. The molecule has 2 N–H and O–H groups in total. The number of likely N-dealkylation sites (tertiary alicyclic amines) is 2. The Morgan fingerprint density at radius 2 is 1.88 bits per heavy atom. The summed E-state index contributed by atoms with van der Waals surface area (Å²) in [5, 5.41) is 14.6. The van der Waals surface area contributed by atoms with Crippen molar-refractivity contribution in [3.05, 3.63) is 22.4 Å². The van der Waals surface area contributed by atoms with Crippen LogP contribution in [0.1, 0.15) is 31.2 Å². The topological polar surface area (TPSA) is 89.9 Å². The zero-order valence-electron chi connectivity index (χ0n) is 18.1. The number of nitrogens with zero attached hydrogens (tertiary/aromatic N) is 2. The van der Waals surface area contributed by atoms with Gasteiger partial charge in [0.15, 0.2) is 0 Å². The Labute approximate surface area is 193 Å². The van der Waals surface area contributed by atoms with E-state index >= 15 is 0 Å². The van der Waals surface area contributed by atoms with Gasteiger partial charge in [0.05, 0.1) is 12.3 Å². The Morgan fingerprint density at radius 3 is 2.42 bits per heavy atom. The van der Waals surface area contributed by atoms with Crippen molar-refractivity contribution in [2.24, 2.45) is 17.8 Å². The van der Waals surface area contributed by atoms with Crippen LogP contribution in [0.4, 0.5) is 13.2 Å². The Balaban J connectivity index is 0.000000325. The molecule has 0 aromatic carbocycles. The molecule has 2 atom stereocenters. The van der Waals surface area contributed by atoms with Crippen LogP contribution in [-0.2, 0) is 20.8 Å². The molecule has 4 fully saturated rings. The van der Waals surface area contributed by atoms with E-state index in [2.05, 4.69) is 15.6 Å². The first-order valence-corrected chi connectivity index (χ1v) is 12.1. The summed E-state index contributed by atoms with van der Waals surface area (Å²) in [5.74, 6) is -0.797. The molecule has 3 saturated heterocycles. The van der Waals surface area contributed by atoms with Crippen LogP contribution in [0.2, 0.25) is 0 Å². The minimum atomic E-state index is -5.08. The molecule has 1 spiro atoms. The van der Waals surface area contributed by atoms with Crippen molar-refractivity contribution in [1.29, 1.82) is 0 Å². The molecule has 0 radical (unpaired) electrons. The van der Waals surface area contributed by atoms with E-state index in [1.165, 1.54) is 19.4 Å². The van der Waals surface area contributed by atoms with Crippen LogP contribution < -0.4 is 5.32 Å². The number of alkyl halides is 3. The maximum Gasteiger partial charge on any atom is 0.490 e. The third-order valence-electron chi connectivity index (χ3n) is 7.21. The van der Waals surface area contributed by atoms with Gasteiger partial charge < -0.3 is 20.2 Å². The zero-order chi connectivity index (χ0) is 23.8. The minimum absolute atomic E-state index is 0.0702. The number of amides is 2. The maximum atomic E-state index is 12.6. The number of halogens is 3. The third kappa shape index (κ3) is 5.51. The largest absolute Gasteiger partial charge is 0.490 e. The van der Waals surface area contributed by atoms with Gasteiger partial charge in [0.25, 0.3) is 0 Å². The molecule has 1 saturated carbocycles. The van der Waals surface area contributed by atoms with E-state index in [0.29, 0.717) is 12.3 Å². The van der Waals surface area contributed by atoms with Crippen molar-refractivity contribution in [1.82, 2.24) is 15.1 Å². The molecule has 2 amide bonds. The Morgan fingerprint density at radius 1 is 1.21 bits per heavy atom. The van der Waals surface area contributed by atoms with Gasteiger partial charge in [-0.2, -0.15) is 24.5 Å². The van der Waals surface area contributed by atoms with Crippen LogP contribution in [0, 0.1) is 17.8 Å². The first-order valence-electron chi connectivity index (χ1n) is 11.2. The van der Waals surface area contributed by atoms with Gasteiger partial charge >= 0.3 is 12.1 Å². The summed E-state index contributed by atoms with van der Waals surface area (Å²) in [6.07, 6.45) is -0.0298. The van der Waals surface area contributed by atoms with Crippen molar-refractivity contribution in [2.45, 2.75) is 43.8 Å². The smallest absolute Gasteiger partial charge is 0.475 e. The average molecular weight is 488 g/mol. The van der Waals surface area contributed by atoms with Crippen LogP contribution in [0.5, 0.6) is 0 Å². The van der Waals surface area contributed by atoms with E-state index in [1.807, 2.05) is 16.3 Å². The normalized spacial score (nSPS) is 26.5. The molecule has 11 heteroatoms. The average Bonchev–Trinajstić information content (AvgIpc) is 3.13. The van der Waals surface area contributed by atoms with Gasteiger partial charge in [-0.15, -0.1) is 0 Å². The lowest BCUT2D eigenvalue weighted by molar-refractivity contribution is -0.192. The Kier molecular flexibility index (Phi) is 6.73.